The standard InChI is InChI=1S/C21H23Cl3N4OS/c1-2-14-19(21(29)26-27-10-4-3-5-11-27)25-28(16-7-6-13(22)12-15(16)23)20(14)17-8-9-18(24)30-17/h6-9,12,14,20H,2-5,10-11H2,1H3,(H,26,29)/t14-,20+/m1/s1. The lowest BCUT2D eigenvalue weighted by molar-refractivity contribution is -0.120. The molecule has 0 unspecified atom stereocenters. The number of nitrogens with one attached hydrogen (secondary N) is 1. The van der Waals surface area contributed by atoms with Crippen LogP contribution < -0.4 is 10.4 Å². The Labute approximate surface area is 195 Å². The highest BCUT2D eigenvalue weighted by molar-refractivity contribution is 7.16. The number of thiophene rings is 1. The van der Waals surface area contributed by atoms with Gasteiger partial charge in [-0.1, -0.05) is 48.1 Å². The average molecular weight is 486 g/mol. The number of hydrazine groups is 1. The molecule has 160 valence electrons. The fourth-order valence-electron chi connectivity index (χ4n) is 4.09. The van der Waals surface area contributed by atoms with Gasteiger partial charge in [0.15, 0.2) is 0 Å². The molecule has 30 heavy (non-hydrogen) atoms. The predicted octanol–water partition coefficient (Wildman–Crippen LogP) is 6.17. The van der Waals surface area contributed by atoms with E-state index < -0.39 is 0 Å². The van der Waals surface area contributed by atoms with Gasteiger partial charge in [0.2, 0.25) is 0 Å². The molecule has 1 N–H and O–H groups in total. The lowest BCUT2D eigenvalue weighted by Crippen LogP contribution is -2.48. The van der Waals surface area contributed by atoms with Crippen LogP contribution in [0, 0.1) is 5.92 Å². The quantitative estimate of drug-likeness (QED) is 0.551. The molecule has 2 atom stereocenters. The first kappa shape index (κ1) is 21.9. The van der Waals surface area contributed by atoms with Crippen molar-refractivity contribution >= 4 is 63.4 Å². The molecule has 2 aliphatic heterocycles. The first-order chi connectivity index (χ1) is 14.5. The van der Waals surface area contributed by atoms with Gasteiger partial charge in [-0.2, -0.15) is 5.10 Å². The van der Waals surface area contributed by atoms with Crippen molar-refractivity contribution in [2.24, 2.45) is 11.0 Å². The highest BCUT2D eigenvalue weighted by Crippen LogP contribution is 2.45. The number of hydrogen-bond donors (Lipinski definition) is 1. The molecule has 0 bridgehead atoms. The van der Waals surface area contributed by atoms with Gasteiger partial charge in [0, 0.05) is 28.9 Å². The third kappa shape index (κ3) is 4.48. The van der Waals surface area contributed by atoms with E-state index in [4.69, 9.17) is 39.9 Å². The summed E-state index contributed by atoms with van der Waals surface area (Å²) in [4.78, 5) is 14.2. The minimum Gasteiger partial charge on any atom is -0.284 e. The molecule has 9 heteroatoms. The lowest BCUT2D eigenvalue weighted by Gasteiger charge is -2.28. The number of benzene rings is 1. The van der Waals surface area contributed by atoms with Gasteiger partial charge in [-0.25, -0.2) is 5.01 Å². The van der Waals surface area contributed by atoms with Crippen LogP contribution >= 0.6 is 46.1 Å². The molecule has 5 nitrogen and oxygen atoms in total. The Hall–Kier alpha value is -1.31. The van der Waals surface area contributed by atoms with E-state index in [1.807, 2.05) is 28.2 Å². The Bertz CT molecular complexity index is 957. The van der Waals surface area contributed by atoms with Gasteiger partial charge in [-0.15, -0.1) is 11.3 Å². The Morgan fingerprint density at radius 3 is 2.57 bits per heavy atom. The SMILES string of the molecule is CC[C@@H]1C(C(=O)NN2CCCCC2)=NN(c2ccc(Cl)cc2Cl)[C@@H]1c1ccc(Cl)s1. The maximum atomic E-state index is 13.2. The average Bonchev–Trinajstić information content (AvgIpc) is 3.32. The Morgan fingerprint density at radius 1 is 1.17 bits per heavy atom. The monoisotopic (exact) mass is 484 g/mol. The van der Waals surface area contributed by atoms with E-state index in [2.05, 4.69) is 12.3 Å². The van der Waals surface area contributed by atoms with Crippen molar-refractivity contribution in [2.45, 2.75) is 38.6 Å². The van der Waals surface area contributed by atoms with Gasteiger partial charge in [0.25, 0.3) is 5.91 Å². The number of amides is 1. The summed E-state index contributed by atoms with van der Waals surface area (Å²) in [5.41, 5.74) is 4.29. The van der Waals surface area contributed by atoms with Gasteiger partial charge < -0.3 is 0 Å². The number of rotatable bonds is 5. The molecule has 2 aliphatic rings. The summed E-state index contributed by atoms with van der Waals surface area (Å²) in [6.07, 6.45) is 4.14. The maximum absolute atomic E-state index is 13.2. The highest BCUT2D eigenvalue weighted by atomic mass is 35.5. The summed E-state index contributed by atoms with van der Waals surface area (Å²) < 4.78 is 0.702. The number of halogens is 3. The second-order valence-electron chi connectivity index (χ2n) is 7.52. The van der Waals surface area contributed by atoms with Crippen molar-refractivity contribution in [2.75, 3.05) is 18.1 Å². The molecule has 4 rings (SSSR count). The van der Waals surface area contributed by atoms with Crippen molar-refractivity contribution < 1.29 is 4.79 Å². The number of piperidine rings is 1. The van der Waals surface area contributed by atoms with Crippen LogP contribution in [0.3, 0.4) is 0 Å². The van der Waals surface area contributed by atoms with Crippen LogP contribution in [0.15, 0.2) is 35.4 Å². The zero-order valence-electron chi connectivity index (χ0n) is 16.6. The van der Waals surface area contributed by atoms with Gasteiger partial charge in [0.05, 0.1) is 21.1 Å². The second kappa shape index (κ2) is 9.45. The predicted molar refractivity (Wildman–Crippen MR) is 126 cm³/mol. The first-order valence-electron chi connectivity index (χ1n) is 10.1. The summed E-state index contributed by atoms with van der Waals surface area (Å²) in [7, 11) is 0. The van der Waals surface area contributed by atoms with Crippen LogP contribution in [0.5, 0.6) is 0 Å². The fourth-order valence-corrected chi connectivity index (χ4v) is 5.79. The smallest absolute Gasteiger partial charge is 0.282 e. The van der Waals surface area contributed by atoms with Crippen LogP contribution in [-0.4, -0.2) is 29.7 Å². The zero-order valence-corrected chi connectivity index (χ0v) is 19.7. The molecule has 0 saturated carbocycles. The molecule has 3 heterocycles. The Balaban J connectivity index is 1.70. The van der Waals surface area contributed by atoms with Gasteiger partial charge in [-0.3, -0.25) is 15.2 Å². The summed E-state index contributed by atoms with van der Waals surface area (Å²) in [6.45, 7) is 3.81. The van der Waals surface area contributed by atoms with Gasteiger partial charge in [0.1, 0.15) is 5.71 Å². The molecule has 1 saturated heterocycles. The third-order valence-corrected chi connectivity index (χ3v) is 7.38. The fraction of sp³-hybridized carbons (Fsp3) is 0.429. The van der Waals surface area contributed by atoms with E-state index in [1.165, 1.54) is 17.8 Å². The summed E-state index contributed by atoms with van der Waals surface area (Å²) in [5.74, 6) is -0.236. The van der Waals surface area contributed by atoms with E-state index in [0.717, 1.165) is 42.9 Å². The molecule has 1 aromatic heterocycles. The minimum atomic E-state index is -0.159. The number of hydrazone groups is 1. The molecule has 0 spiro atoms. The number of anilines is 1. The largest absolute Gasteiger partial charge is 0.284 e. The molecule has 1 aromatic carbocycles. The van der Waals surface area contributed by atoms with E-state index >= 15 is 0 Å². The van der Waals surface area contributed by atoms with Crippen LogP contribution in [-0.2, 0) is 4.79 Å². The van der Waals surface area contributed by atoms with Gasteiger partial charge in [-0.05, 0) is 49.6 Å². The number of nitrogens with zero attached hydrogens (tertiary/aromatic N) is 3. The van der Waals surface area contributed by atoms with Crippen molar-refractivity contribution in [1.82, 2.24) is 10.4 Å². The van der Waals surface area contributed by atoms with E-state index in [1.54, 1.807) is 12.1 Å². The van der Waals surface area contributed by atoms with Crippen molar-refractivity contribution in [1.29, 1.82) is 0 Å². The zero-order chi connectivity index (χ0) is 21.3. The molecule has 1 amide bonds. The van der Waals surface area contributed by atoms with Crippen molar-refractivity contribution in [3.8, 4) is 0 Å². The molecular formula is C21H23Cl3N4OS. The topological polar surface area (TPSA) is 47.9 Å². The first-order valence-corrected chi connectivity index (χ1v) is 12.1. The Morgan fingerprint density at radius 2 is 1.93 bits per heavy atom. The molecule has 2 aromatic rings. The Kier molecular flexibility index (Phi) is 6.90. The normalized spacial score (nSPS) is 22.3. The van der Waals surface area contributed by atoms with E-state index in [0.29, 0.717) is 20.1 Å². The number of hydrogen-bond acceptors (Lipinski definition) is 5. The van der Waals surface area contributed by atoms with Crippen LogP contribution in [0.4, 0.5) is 5.69 Å². The number of carbonyl (C=O) groups excluding carboxylic acids is 1. The second-order valence-corrected chi connectivity index (χ2v) is 10.1. The van der Waals surface area contributed by atoms with Crippen LogP contribution in [0.25, 0.3) is 0 Å². The summed E-state index contributed by atoms with van der Waals surface area (Å²) in [6, 6.07) is 9.03. The lowest BCUT2D eigenvalue weighted by atomic mass is 9.91. The maximum Gasteiger partial charge on any atom is 0.282 e. The van der Waals surface area contributed by atoms with Crippen molar-refractivity contribution in [3.05, 3.63) is 49.6 Å². The summed E-state index contributed by atoms with van der Waals surface area (Å²) in [5, 5.41) is 9.67. The molecule has 0 radical (unpaired) electrons. The van der Waals surface area contributed by atoms with E-state index in [9.17, 15) is 4.79 Å². The number of carbonyl (C=O) groups is 1. The molecule has 0 aliphatic carbocycles. The van der Waals surface area contributed by atoms with Crippen molar-refractivity contribution in [3.63, 3.8) is 0 Å². The van der Waals surface area contributed by atoms with Crippen LogP contribution in [0.2, 0.25) is 14.4 Å². The summed E-state index contributed by atoms with van der Waals surface area (Å²) >= 11 is 20.4. The van der Waals surface area contributed by atoms with E-state index in [-0.39, 0.29) is 17.9 Å². The molecular weight excluding hydrogens is 463 g/mol. The highest BCUT2D eigenvalue weighted by Gasteiger charge is 2.42. The third-order valence-electron chi connectivity index (χ3n) is 5.54. The van der Waals surface area contributed by atoms with Gasteiger partial charge >= 0.3 is 0 Å². The van der Waals surface area contributed by atoms with Crippen LogP contribution in [0.1, 0.15) is 43.5 Å². The minimum absolute atomic E-state index is 0.0868. The molecule has 1 fully saturated rings.